The maximum Gasteiger partial charge on any atom is 0.133 e. The van der Waals surface area contributed by atoms with Crippen LogP contribution in [0.1, 0.15) is 12.5 Å². The molecule has 0 aliphatic carbocycles. The molecule has 0 radical (unpaired) electrons. The van der Waals surface area contributed by atoms with Gasteiger partial charge < -0.3 is 10.5 Å². The van der Waals surface area contributed by atoms with Gasteiger partial charge >= 0.3 is 0 Å². The summed E-state index contributed by atoms with van der Waals surface area (Å²) in [5, 5.41) is 0. The second kappa shape index (κ2) is 4.63. The van der Waals surface area contributed by atoms with E-state index in [-0.39, 0.29) is 6.04 Å². The van der Waals surface area contributed by atoms with Crippen molar-refractivity contribution < 1.29 is 4.74 Å². The molecule has 0 saturated heterocycles. The quantitative estimate of drug-likeness (QED) is 0.885. The largest absolute Gasteiger partial charge is 0.496 e. The van der Waals surface area contributed by atoms with Crippen LogP contribution in [0.5, 0.6) is 5.75 Å². The van der Waals surface area contributed by atoms with Crippen LogP contribution in [-0.2, 0) is 6.42 Å². The highest BCUT2D eigenvalue weighted by atomic mass is 79.9. The fourth-order valence-electron chi connectivity index (χ4n) is 1.22. The predicted molar refractivity (Wildman–Crippen MR) is 58.0 cm³/mol. The van der Waals surface area contributed by atoms with Gasteiger partial charge in [0.1, 0.15) is 5.75 Å². The topological polar surface area (TPSA) is 35.2 Å². The van der Waals surface area contributed by atoms with E-state index >= 15 is 0 Å². The van der Waals surface area contributed by atoms with Gasteiger partial charge in [0.25, 0.3) is 0 Å². The van der Waals surface area contributed by atoms with Crippen molar-refractivity contribution in [3.8, 4) is 5.75 Å². The van der Waals surface area contributed by atoms with Crippen molar-refractivity contribution in [2.45, 2.75) is 19.4 Å². The van der Waals surface area contributed by atoms with Gasteiger partial charge in [-0.25, -0.2) is 0 Å². The zero-order valence-electron chi connectivity index (χ0n) is 7.88. The monoisotopic (exact) mass is 243 g/mol. The van der Waals surface area contributed by atoms with Gasteiger partial charge in [-0.15, -0.1) is 0 Å². The maximum atomic E-state index is 5.72. The lowest BCUT2D eigenvalue weighted by Gasteiger charge is -2.10. The van der Waals surface area contributed by atoms with Crippen LogP contribution in [0.4, 0.5) is 0 Å². The first kappa shape index (κ1) is 10.5. The van der Waals surface area contributed by atoms with Gasteiger partial charge in [0, 0.05) is 6.04 Å². The summed E-state index contributed by atoms with van der Waals surface area (Å²) in [6.07, 6.45) is 0.859. The number of rotatable bonds is 3. The lowest BCUT2D eigenvalue weighted by molar-refractivity contribution is 0.411. The van der Waals surface area contributed by atoms with Crippen molar-refractivity contribution >= 4 is 15.9 Å². The SMILES string of the molecule is COc1cccc(C[C@H](C)N)c1Br. The molecule has 0 heterocycles. The molecule has 1 atom stereocenters. The van der Waals surface area contributed by atoms with E-state index in [1.165, 1.54) is 5.56 Å². The van der Waals surface area contributed by atoms with E-state index in [1.807, 2.05) is 19.1 Å². The first-order valence-corrected chi connectivity index (χ1v) is 5.01. The maximum absolute atomic E-state index is 5.72. The fourth-order valence-corrected chi connectivity index (χ4v) is 1.81. The van der Waals surface area contributed by atoms with E-state index in [0.717, 1.165) is 16.6 Å². The average molecular weight is 244 g/mol. The standard InChI is InChI=1S/C10H14BrNO/c1-7(12)6-8-4-3-5-9(13-2)10(8)11/h3-5,7H,6,12H2,1-2H3/t7-/m0/s1. The van der Waals surface area contributed by atoms with Gasteiger partial charge in [0.15, 0.2) is 0 Å². The Morgan fingerprint density at radius 1 is 1.54 bits per heavy atom. The Bertz CT molecular complexity index is 286. The minimum atomic E-state index is 0.170. The average Bonchev–Trinajstić information content (AvgIpc) is 2.08. The molecule has 0 unspecified atom stereocenters. The van der Waals surface area contributed by atoms with Crippen LogP contribution in [0.25, 0.3) is 0 Å². The van der Waals surface area contributed by atoms with Crippen LogP contribution in [-0.4, -0.2) is 13.2 Å². The molecule has 0 saturated carbocycles. The third-order valence-electron chi connectivity index (χ3n) is 1.81. The van der Waals surface area contributed by atoms with Gasteiger partial charge in [-0.1, -0.05) is 12.1 Å². The Morgan fingerprint density at radius 3 is 2.77 bits per heavy atom. The zero-order chi connectivity index (χ0) is 9.84. The van der Waals surface area contributed by atoms with E-state index in [0.29, 0.717) is 0 Å². The zero-order valence-corrected chi connectivity index (χ0v) is 9.47. The van der Waals surface area contributed by atoms with Crippen LogP contribution in [0.2, 0.25) is 0 Å². The number of methoxy groups -OCH3 is 1. The molecule has 2 nitrogen and oxygen atoms in total. The number of halogens is 1. The number of ether oxygens (including phenoxy) is 1. The summed E-state index contributed by atoms with van der Waals surface area (Å²) < 4.78 is 6.19. The molecule has 13 heavy (non-hydrogen) atoms. The first-order chi connectivity index (χ1) is 6.15. The van der Waals surface area contributed by atoms with Crippen molar-refractivity contribution in [1.82, 2.24) is 0 Å². The van der Waals surface area contributed by atoms with Crippen LogP contribution in [0, 0.1) is 0 Å². The number of hydrogen-bond donors (Lipinski definition) is 1. The minimum Gasteiger partial charge on any atom is -0.496 e. The Kier molecular flexibility index (Phi) is 3.75. The third kappa shape index (κ3) is 2.71. The molecule has 0 amide bonds. The summed E-state index contributed by atoms with van der Waals surface area (Å²) in [6.45, 7) is 1.99. The molecule has 0 aliphatic heterocycles. The van der Waals surface area contributed by atoms with E-state index < -0.39 is 0 Å². The predicted octanol–water partition coefficient (Wildman–Crippen LogP) is 2.35. The van der Waals surface area contributed by atoms with E-state index in [1.54, 1.807) is 7.11 Å². The molecule has 0 aliphatic rings. The van der Waals surface area contributed by atoms with Crippen LogP contribution < -0.4 is 10.5 Å². The molecule has 0 spiro atoms. The second-order valence-corrected chi connectivity index (χ2v) is 3.91. The molecule has 3 heteroatoms. The molecule has 0 fully saturated rings. The normalized spacial score (nSPS) is 12.6. The number of hydrogen-bond acceptors (Lipinski definition) is 2. The Balaban J connectivity index is 2.94. The molecule has 2 N–H and O–H groups in total. The smallest absolute Gasteiger partial charge is 0.133 e. The number of benzene rings is 1. The summed E-state index contributed by atoms with van der Waals surface area (Å²) >= 11 is 3.49. The van der Waals surface area contributed by atoms with E-state index in [2.05, 4.69) is 22.0 Å². The molecule has 1 rings (SSSR count). The molecule has 0 aromatic heterocycles. The van der Waals surface area contributed by atoms with E-state index in [4.69, 9.17) is 10.5 Å². The summed E-state index contributed by atoms with van der Waals surface area (Å²) in [5.41, 5.74) is 6.91. The van der Waals surface area contributed by atoms with Crippen molar-refractivity contribution in [2.75, 3.05) is 7.11 Å². The minimum absolute atomic E-state index is 0.170. The van der Waals surface area contributed by atoms with Gasteiger partial charge in [0.05, 0.1) is 11.6 Å². The Labute approximate surface area is 87.2 Å². The van der Waals surface area contributed by atoms with Gasteiger partial charge in [0.2, 0.25) is 0 Å². The molecule has 0 bridgehead atoms. The highest BCUT2D eigenvalue weighted by Crippen LogP contribution is 2.28. The second-order valence-electron chi connectivity index (χ2n) is 3.11. The molecular weight excluding hydrogens is 230 g/mol. The fraction of sp³-hybridized carbons (Fsp3) is 0.400. The molecule has 72 valence electrons. The highest BCUT2D eigenvalue weighted by Gasteiger charge is 2.06. The van der Waals surface area contributed by atoms with Crippen LogP contribution >= 0.6 is 15.9 Å². The molecular formula is C10H14BrNO. The highest BCUT2D eigenvalue weighted by molar-refractivity contribution is 9.10. The molecule has 1 aromatic rings. The summed E-state index contributed by atoms with van der Waals surface area (Å²) in [6, 6.07) is 6.12. The lowest BCUT2D eigenvalue weighted by atomic mass is 10.1. The van der Waals surface area contributed by atoms with E-state index in [9.17, 15) is 0 Å². The summed E-state index contributed by atoms with van der Waals surface area (Å²) in [5.74, 6) is 0.859. The Hall–Kier alpha value is -0.540. The van der Waals surface area contributed by atoms with Gasteiger partial charge in [-0.05, 0) is 40.9 Å². The van der Waals surface area contributed by atoms with Crippen molar-refractivity contribution in [3.05, 3.63) is 28.2 Å². The molecule has 1 aromatic carbocycles. The van der Waals surface area contributed by atoms with Gasteiger partial charge in [-0.2, -0.15) is 0 Å². The Morgan fingerprint density at radius 2 is 2.23 bits per heavy atom. The van der Waals surface area contributed by atoms with Crippen LogP contribution in [0.15, 0.2) is 22.7 Å². The first-order valence-electron chi connectivity index (χ1n) is 4.22. The number of nitrogens with two attached hydrogens (primary N) is 1. The van der Waals surface area contributed by atoms with Gasteiger partial charge in [-0.3, -0.25) is 0 Å². The third-order valence-corrected chi connectivity index (χ3v) is 2.71. The van der Waals surface area contributed by atoms with Crippen molar-refractivity contribution in [3.63, 3.8) is 0 Å². The lowest BCUT2D eigenvalue weighted by Crippen LogP contribution is -2.18. The summed E-state index contributed by atoms with van der Waals surface area (Å²) in [7, 11) is 1.66. The van der Waals surface area contributed by atoms with Crippen LogP contribution in [0.3, 0.4) is 0 Å². The van der Waals surface area contributed by atoms with Crippen molar-refractivity contribution in [1.29, 1.82) is 0 Å². The summed E-state index contributed by atoms with van der Waals surface area (Å²) in [4.78, 5) is 0. The van der Waals surface area contributed by atoms with Crippen molar-refractivity contribution in [2.24, 2.45) is 5.73 Å².